The molecule has 5 nitrogen and oxygen atoms in total. The molecule has 0 aromatic carbocycles. The Morgan fingerprint density at radius 3 is 1.79 bits per heavy atom. The molecule has 1 aliphatic heterocycles. The van der Waals surface area contributed by atoms with Crippen molar-refractivity contribution < 1.29 is 9.15 Å². The van der Waals surface area contributed by atoms with Gasteiger partial charge in [-0.25, -0.2) is 0 Å². The highest BCUT2D eigenvalue weighted by molar-refractivity contribution is 5.06. The molecule has 1 aromatic rings. The van der Waals surface area contributed by atoms with E-state index >= 15 is 0 Å². The van der Waals surface area contributed by atoms with Crippen molar-refractivity contribution in [3.63, 3.8) is 0 Å². The molecule has 2 rings (SSSR count). The van der Waals surface area contributed by atoms with Gasteiger partial charge in [-0.05, 0) is 12.1 Å². The lowest BCUT2D eigenvalue weighted by Gasteiger charge is -1.87. The largest absolute Gasteiger partial charge is 0.463 e. The molecule has 1 aliphatic rings. The number of hydrogen-bond acceptors (Lipinski definition) is 5. The molecular weight excluding hydrogens is 182 g/mol. The van der Waals surface area contributed by atoms with Crippen LogP contribution in [-0.4, -0.2) is 19.3 Å². The van der Waals surface area contributed by atoms with Gasteiger partial charge in [-0.1, -0.05) is 0 Å². The molecular formula is C9H17N3O2. The summed E-state index contributed by atoms with van der Waals surface area (Å²) in [5.74, 6) is 1.57. The van der Waals surface area contributed by atoms with Crippen LogP contribution in [0.2, 0.25) is 0 Å². The molecule has 0 radical (unpaired) electrons. The quantitative estimate of drug-likeness (QED) is 0.571. The standard InChI is InChI=1S/C6H10N2O.C3H7NO/c7-3-5-1-2-6(4-8)9-5;4-1-3-2-5-3/h1-2H,3-4,7-8H2;3H,1-2,4H2. The summed E-state index contributed by atoms with van der Waals surface area (Å²) in [5, 5.41) is 0. The van der Waals surface area contributed by atoms with E-state index in [1.54, 1.807) is 0 Å². The summed E-state index contributed by atoms with van der Waals surface area (Å²) in [5.41, 5.74) is 15.7. The molecule has 0 aliphatic carbocycles. The number of epoxide rings is 1. The van der Waals surface area contributed by atoms with E-state index in [2.05, 4.69) is 0 Å². The van der Waals surface area contributed by atoms with Crippen molar-refractivity contribution in [3.8, 4) is 0 Å². The minimum Gasteiger partial charge on any atom is -0.463 e. The Morgan fingerprint density at radius 1 is 1.14 bits per heavy atom. The van der Waals surface area contributed by atoms with Gasteiger partial charge in [0.2, 0.25) is 0 Å². The molecule has 2 heterocycles. The third kappa shape index (κ3) is 3.89. The van der Waals surface area contributed by atoms with Gasteiger partial charge in [-0.3, -0.25) is 0 Å². The molecule has 5 heteroatoms. The number of furan rings is 1. The van der Waals surface area contributed by atoms with Crippen molar-refractivity contribution in [2.45, 2.75) is 19.2 Å². The Bertz CT molecular complexity index is 240. The molecule has 0 saturated carbocycles. The minimum atomic E-state index is 0.412. The van der Waals surface area contributed by atoms with Gasteiger partial charge in [0.25, 0.3) is 0 Å². The van der Waals surface area contributed by atoms with Crippen molar-refractivity contribution in [2.75, 3.05) is 13.2 Å². The van der Waals surface area contributed by atoms with Crippen LogP contribution < -0.4 is 17.2 Å². The molecule has 80 valence electrons. The molecule has 0 bridgehead atoms. The molecule has 6 N–H and O–H groups in total. The fourth-order valence-electron chi connectivity index (χ4n) is 0.846. The van der Waals surface area contributed by atoms with Crippen LogP contribution >= 0.6 is 0 Å². The fraction of sp³-hybridized carbons (Fsp3) is 0.556. The first-order chi connectivity index (χ1) is 6.80. The maximum absolute atomic E-state index is 5.28. The molecule has 1 saturated heterocycles. The molecule has 1 atom stereocenters. The van der Waals surface area contributed by atoms with Crippen LogP contribution in [-0.2, 0) is 17.8 Å². The SMILES string of the molecule is NCC1CO1.NCc1ccc(CN)o1. The highest BCUT2D eigenvalue weighted by atomic mass is 16.6. The highest BCUT2D eigenvalue weighted by Gasteiger charge is 2.18. The van der Waals surface area contributed by atoms with Crippen molar-refractivity contribution in [3.05, 3.63) is 23.7 Å². The smallest absolute Gasteiger partial charge is 0.117 e. The Morgan fingerprint density at radius 2 is 1.64 bits per heavy atom. The minimum absolute atomic E-state index is 0.412. The Balaban J connectivity index is 0.000000165. The lowest BCUT2D eigenvalue weighted by atomic mass is 10.4. The molecule has 1 aromatic heterocycles. The van der Waals surface area contributed by atoms with E-state index in [4.69, 9.17) is 26.4 Å². The van der Waals surface area contributed by atoms with E-state index in [-0.39, 0.29) is 0 Å². The van der Waals surface area contributed by atoms with Crippen molar-refractivity contribution in [2.24, 2.45) is 17.2 Å². The van der Waals surface area contributed by atoms with Gasteiger partial charge in [-0.15, -0.1) is 0 Å². The van der Waals surface area contributed by atoms with Crippen LogP contribution in [0.25, 0.3) is 0 Å². The van der Waals surface area contributed by atoms with Gasteiger partial charge in [0.1, 0.15) is 11.5 Å². The number of hydrogen-bond donors (Lipinski definition) is 3. The van der Waals surface area contributed by atoms with Crippen LogP contribution in [0.3, 0.4) is 0 Å². The molecule has 0 amide bonds. The maximum Gasteiger partial charge on any atom is 0.117 e. The zero-order valence-electron chi connectivity index (χ0n) is 8.11. The average molecular weight is 199 g/mol. The fourth-order valence-corrected chi connectivity index (χ4v) is 0.846. The second-order valence-electron chi connectivity index (χ2n) is 2.97. The molecule has 1 unspecified atom stereocenters. The maximum atomic E-state index is 5.28. The zero-order valence-corrected chi connectivity index (χ0v) is 8.11. The van der Waals surface area contributed by atoms with Crippen LogP contribution in [0, 0.1) is 0 Å². The van der Waals surface area contributed by atoms with Crippen molar-refractivity contribution in [1.29, 1.82) is 0 Å². The second kappa shape index (κ2) is 5.77. The summed E-state index contributed by atoms with van der Waals surface area (Å²) in [6.45, 7) is 2.47. The second-order valence-corrected chi connectivity index (χ2v) is 2.97. The third-order valence-corrected chi connectivity index (χ3v) is 1.78. The first kappa shape index (κ1) is 11.2. The normalized spacial score (nSPS) is 18.6. The van der Waals surface area contributed by atoms with Gasteiger partial charge < -0.3 is 26.4 Å². The first-order valence-electron chi connectivity index (χ1n) is 4.59. The van der Waals surface area contributed by atoms with Gasteiger partial charge in [0.15, 0.2) is 0 Å². The van der Waals surface area contributed by atoms with E-state index in [9.17, 15) is 0 Å². The number of rotatable bonds is 3. The molecule has 1 fully saturated rings. The van der Waals surface area contributed by atoms with E-state index in [0.29, 0.717) is 25.7 Å². The summed E-state index contributed by atoms with van der Waals surface area (Å²) in [6, 6.07) is 3.67. The number of nitrogens with two attached hydrogens (primary N) is 3. The van der Waals surface area contributed by atoms with Gasteiger partial charge in [0, 0.05) is 6.54 Å². The Labute approximate surface area is 83.2 Å². The van der Waals surface area contributed by atoms with E-state index in [1.807, 2.05) is 12.1 Å². The third-order valence-electron chi connectivity index (χ3n) is 1.78. The van der Waals surface area contributed by atoms with Crippen molar-refractivity contribution in [1.82, 2.24) is 0 Å². The first-order valence-corrected chi connectivity index (χ1v) is 4.59. The van der Waals surface area contributed by atoms with E-state index in [0.717, 1.165) is 18.1 Å². The Hall–Kier alpha value is -0.880. The lowest BCUT2D eigenvalue weighted by molar-refractivity contribution is 0.412. The topological polar surface area (TPSA) is 104 Å². The number of ether oxygens (including phenoxy) is 1. The van der Waals surface area contributed by atoms with Gasteiger partial charge >= 0.3 is 0 Å². The van der Waals surface area contributed by atoms with E-state index < -0.39 is 0 Å². The van der Waals surface area contributed by atoms with Gasteiger partial charge in [0.05, 0.1) is 25.8 Å². The summed E-state index contributed by atoms with van der Waals surface area (Å²) < 4.78 is 9.86. The van der Waals surface area contributed by atoms with Crippen LogP contribution in [0.5, 0.6) is 0 Å². The predicted octanol–water partition coefficient (Wildman–Crippen LogP) is -0.459. The Kier molecular flexibility index (Phi) is 4.61. The summed E-state index contributed by atoms with van der Waals surface area (Å²) in [7, 11) is 0. The van der Waals surface area contributed by atoms with Crippen LogP contribution in [0.15, 0.2) is 16.5 Å². The average Bonchev–Trinajstić information content (AvgIpc) is 2.96. The van der Waals surface area contributed by atoms with Crippen LogP contribution in [0.4, 0.5) is 0 Å². The zero-order chi connectivity index (χ0) is 10.4. The van der Waals surface area contributed by atoms with Crippen LogP contribution in [0.1, 0.15) is 11.5 Å². The van der Waals surface area contributed by atoms with Gasteiger partial charge in [-0.2, -0.15) is 0 Å². The van der Waals surface area contributed by atoms with E-state index in [1.165, 1.54) is 0 Å². The lowest BCUT2D eigenvalue weighted by Crippen LogP contribution is -2.05. The van der Waals surface area contributed by atoms with Crippen molar-refractivity contribution >= 4 is 0 Å². The summed E-state index contributed by atoms with van der Waals surface area (Å²) in [4.78, 5) is 0. The predicted molar refractivity (Wildman–Crippen MR) is 53.3 cm³/mol. The monoisotopic (exact) mass is 199 g/mol. The molecule has 0 spiro atoms. The molecule has 14 heavy (non-hydrogen) atoms. The summed E-state index contributed by atoms with van der Waals surface area (Å²) in [6.07, 6.45) is 0.412. The highest BCUT2D eigenvalue weighted by Crippen LogP contribution is 2.05. The summed E-state index contributed by atoms with van der Waals surface area (Å²) >= 11 is 0.